The fraction of sp³-hybridized carbons (Fsp3) is 0.562. The summed E-state index contributed by atoms with van der Waals surface area (Å²) in [4.78, 5) is 14.2. The molecule has 1 aromatic rings. The van der Waals surface area contributed by atoms with Crippen molar-refractivity contribution in [1.29, 1.82) is 0 Å². The smallest absolute Gasteiger partial charge is 0.251 e. The van der Waals surface area contributed by atoms with Crippen LogP contribution in [0.25, 0.3) is 0 Å². The summed E-state index contributed by atoms with van der Waals surface area (Å²) < 4.78 is 0. The summed E-state index contributed by atoms with van der Waals surface area (Å²) in [5.74, 6) is 0.0304. The van der Waals surface area contributed by atoms with Gasteiger partial charge in [-0.3, -0.25) is 9.69 Å². The van der Waals surface area contributed by atoms with Gasteiger partial charge in [0.2, 0.25) is 0 Å². The molecule has 0 saturated carbocycles. The molecule has 1 rings (SSSR count). The minimum absolute atomic E-state index is 0.0304. The third-order valence-corrected chi connectivity index (χ3v) is 3.33. The third-order valence-electron chi connectivity index (χ3n) is 3.33. The molecule has 3 nitrogen and oxygen atoms in total. The van der Waals surface area contributed by atoms with Gasteiger partial charge in [0.15, 0.2) is 0 Å². The van der Waals surface area contributed by atoms with Crippen LogP contribution in [0.15, 0.2) is 24.3 Å². The first kappa shape index (κ1) is 15.7. The van der Waals surface area contributed by atoms with Crippen molar-refractivity contribution in [3.63, 3.8) is 0 Å². The highest BCUT2D eigenvalue weighted by Crippen LogP contribution is 2.07. The van der Waals surface area contributed by atoms with Crippen LogP contribution in [0, 0.1) is 0 Å². The van der Waals surface area contributed by atoms with Crippen LogP contribution in [0.4, 0.5) is 0 Å². The Kier molecular flexibility index (Phi) is 7.19. The van der Waals surface area contributed by atoms with Crippen molar-refractivity contribution in [1.82, 2.24) is 10.2 Å². The molecule has 19 heavy (non-hydrogen) atoms. The van der Waals surface area contributed by atoms with Crippen LogP contribution < -0.4 is 5.32 Å². The number of carbonyl (C=O) groups is 1. The molecule has 0 aliphatic heterocycles. The van der Waals surface area contributed by atoms with E-state index < -0.39 is 0 Å². The average molecular weight is 262 g/mol. The molecule has 0 unspecified atom stereocenters. The van der Waals surface area contributed by atoms with Crippen LogP contribution in [0.2, 0.25) is 0 Å². The van der Waals surface area contributed by atoms with Gasteiger partial charge in [-0.25, -0.2) is 0 Å². The number of unbranched alkanes of at least 4 members (excludes halogenated alkanes) is 1. The minimum atomic E-state index is 0.0304. The molecule has 0 aliphatic carbocycles. The number of hydrogen-bond donors (Lipinski definition) is 1. The van der Waals surface area contributed by atoms with Gasteiger partial charge >= 0.3 is 0 Å². The van der Waals surface area contributed by atoms with Crippen LogP contribution in [-0.4, -0.2) is 30.4 Å². The molecular formula is C16H26N2O. The first-order valence-electron chi connectivity index (χ1n) is 7.30. The normalized spacial score (nSPS) is 10.7. The molecule has 0 atom stereocenters. The van der Waals surface area contributed by atoms with Crippen molar-refractivity contribution < 1.29 is 4.79 Å². The molecule has 0 radical (unpaired) electrons. The highest BCUT2D eigenvalue weighted by molar-refractivity contribution is 5.94. The highest BCUT2D eigenvalue weighted by atomic mass is 16.1. The molecule has 0 aliphatic rings. The van der Waals surface area contributed by atoms with E-state index in [2.05, 4.69) is 31.0 Å². The van der Waals surface area contributed by atoms with E-state index in [-0.39, 0.29) is 5.91 Å². The van der Waals surface area contributed by atoms with Crippen LogP contribution in [0.3, 0.4) is 0 Å². The molecule has 0 bridgehead atoms. The molecule has 0 saturated heterocycles. The fourth-order valence-corrected chi connectivity index (χ4v) is 1.95. The number of nitrogens with zero attached hydrogens (tertiary/aromatic N) is 1. The van der Waals surface area contributed by atoms with Crippen molar-refractivity contribution >= 4 is 5.91 Å². The van der Waals surface area contributed by atoms with Gasteiger partial charge < -0.3 is 5.32 Å². The van der Waals surface area contributed by atoms with Gasteiger partial charge in [-0.1, -0.05) is 39.3 Å². The lowest BCUT2D eigenvalue weighted by molar-refractivity contribution is 0.0953. The monoisotopic (exact) mass is 262 g/mol. The molecule has 0 fully saturated rings. The summed E-state index contributed by atoms with van der Waals surface area (Å²) in [6.45, 7) is 10.3. The maximum Gasteiger partial charge on any atom is 0.251 e. The molecule has 0 aromatic heterocycles. The summed E-state index contributed by atoms with van der Waals surface area (Å²) in [6, 6.07) is 7.93. The van der Waals surface area contributed by atoms with E-state index in [1.807, 2.05) is 24.3 Å². The lowest BCUT2D eigenvalue weighted by Gasteiger charge is -2.18. The second-order valence-corrected chi connectivity index (χ2v) is 4.77. The predicted molar refractivity (Wildman–Crippen MR) is 80.3 cm³/mol. The number of amides is 1. The second-order valence-electron chi connectivity index (χ2n) is 4.77. The molecule has 0 heterocycles. The van der Waals surface area contributed by atoms with Crippen LogP contribution in [-0.2, 0) is 6.54 Å². The summed E-state index contributed by atoms with van der Waals surface area (Å²) in [6.07, 6.45) is 2.13. The Morgan fingerprint density at radius 3 is 2.26 bits per heavy atom. The zero-order valence-corrected chi connectivity index (χ0v) is 12.4. The molecule has 3 heteroatoms. The number of hydrogen-bond acceptors (Lipinski definition) is 2. The summed E-state index contributed by atoms with van der Waals surface area (Å²) in [5.41, 5.74) is 2.01. The standard InChI is InChI=1S/C16H26N2O/c1-4-7-12-17-16(19)15-10-8-14(9-11-15)13-18(5-2)6-3/h8-11H,4-7,12-13H2,1-3H3,(H,17,19). The molecule has 106 valence electrons. The summed E-state index contributed by atoms with van der Waals surface area (Å²) >= 11 is 0. The molecule has 0 spiro atoms. The van der Waals surface area contributed by atoms with E-state index in [9.17, 15) is 4.79 Å². The van der Waals surface area contributed by atoms with Crippen molar-refractivity contribution in [3.8, 4) is 0 Å². The van der Waals surface area contributed by atoms with Crippen molar-refractivity contribution in [2.45, 2.75) is 40.2 Å². The number of rotatable bonds is 8. The van der Waals surface area contributed by atoms with Crippen molar-refractivity contribution in [2.75, 3.05) is 19.6 Å². The van der Waals surface area contributed by atoms with Gasteiger partial charge in [0.05, 0.1) is 0 Å². The van der Waals surface area contributed by atoms with Crippen LogP contribution >= 0.6 is 0 Å². The quantitative estimate of drug-likeness (QED) is 0.730. The maximum absolute atomic E-state index is 11.8. The molecule has 1 N–H and O–H groups in total. The van der Waals surface area contributed by atoms with E-state index in [0.29, 0.717) is 0 Å². The average Bonchev–Trinajstić information content (AvgIpc) is 2.45. The predicted octanol–water partition coefficient (Wildman–Crippen LogP) is 3.06. The summed E-state index contributed by atoms with van der Waals surface area (Å²) in [5, 5.41) is 2.93. The highest BCUT2D eigenvalue weighted by Gasteiger charge is 2.05. The van der Waals surface area contributed by atoms with Crippen LogP contribution in [0.5, 0.6) is 0 Å². The Morgan fingerprint density at radius 2 is 1.74 bits per heavy atom. The van der Waals surface area contributed by atoms with Gasteiger partial charge in [-0.2, -0.15) is 0 Å². The number of benzene rings is 1. The first-order valence-corrected chi connectivity index (χ1v) is 7.30. The SMILES string of the molecule is CCCCNC(=O)c1ccc(CN(CC)CC)cc1. The van der Waals surface area contributed by atoms with Gasteiger partial charge in [-0.15, -0.1) is 0 Å². The molecule has 1 aromatic carbocycles. The topological polar surface area (TPSA) is 32.3 Å². The van der Waals surface area contributed by atoms with E-state index in [4.69, 9.17) is 0 Å². The van der Waals surface area contributed by atoms with Gasteiger partial charge in [-0.05, 0) is 37.2 Å². The van der Waals surface area contributed by atoms with E-state index >= 15 is 0 Å². The zero-order chi connectivity index (χ0) is 14.1. The zero-order valence-electron chi connectivity index (χ0n) is 12.4. The van der Waals surface area contributed by atoms with E-state index in [1.54, 1.807) is 0 Å². The Morgan fingerprint density at radius 1 is 1.11 bits per heavy atom. The lowest BCUT2D eigenvalue weighted by atomic mass is 10.1. The first-order chi connectivity index (χ1) is 9.21. The Hall–Kier alpha value is -1.35. The lowest BCUT2D eigenvalue weighted by Crippen LogP contribution is -2.24. The minimum Gasteiger partial charge on any atom is -0.352 e. The third kappa shape index (κ3) is 5.43. The van der Waals surface area contributed by atoms with E-state index in [1.165, 1.54) is 5.56 Å². The largest absolute Gasteiger partial charge is 0.352 e. The summed E-state index contributed by atoms with van der Waals surface area (Å²) in [7, 11) is 0. The number of carbonyl (C=O) groups excluding carboxylic acids is 1. The van der Waals surface area contributed by atoms with Crippen molar-refractivity contribution in [2.24, 2.45) is 0 Å². The fourth-order valence-electron chi connectivity index (χ4n) is 1.95. The van der Waals surface area contributed by atoms with Gasteiger partial charge in [0, 0.05) is 18.7 Å². The van der Waals surface area contributed by atoms with Crippen LogP contribution in [0.1, 0.15) is 49.5 Å². The Bertz CT molecular complexity index is 369. The van der Waals surface area contributed by atoms with E-state index in [0.717, 1.165) is 44.6 Å². The van der Waals surface area contributed by atoms with Gasteiger partial charge in [0.25, 0.3) is 5.91 Å². The number of nitrogens with one attached hydrogen (secondary N) is 1. The maximum atomic E-state index is 11.8. The molecular weight excluding hydrogens is 236 g/mol. The molecule has 1 amide bonds. The Labute approximate surface area is 117 Å². The second kappa shape index (κ2) is 8.70. The van der Waals surface area contributed by atoms with Gasteiger partial charge in [0.1, 0.15) is 0 Å². The van der Waals surface area contributed by atoms with Crippen molar-refractivity contribution in [3.05, 3.63) is 35.4 Å². The Balaban J connectivity index is 2.53.